The zero-order chi connectivity index (χ0) is 6.57. The molecule has 0 saturated heterocycles. The van der Waals surface area contributed by atoms with E-state index in [4.69, 9.17) is 11.6 Å². The molecule has 0 N–H and O–H groups in total. The fourth-order valence-electron chi connectivity index (χ4n) is 0.494. The Labute approximate surface area is 56.5 Å². The maximum Gasteiger partial charge on any atom is 0.0167 e. The summed E-state index contributed by atoms with van der Waals surface area (Å²) >= 11 is 5.80. The molecule has 0 spiro atoms. The molecule has 0 heterocycles. The Morgan fingerprint density at radius 1 is 1.25 bits per heavy atom. The van der Waals surface area contributed by atoms with Crippen LogP contribution in [0.3, 0.4) is 0 Å². The molecule has 1 heteroatoms. The van der Waals surface area contributed by atoms with Gasteiger partial charge in [0.05, 0.1) is 0 Å². The molecule has 0 nitrogen and oxygen atoms in total. The topological polar surface area (TPSA) is 0 Å². The van der Waals surface area contributed by atoms with Crippen molar-refractivity contribution in [1.82, 2.24) is 0 Å². The van der Waals surface area contributed by atoms with E-state index in [0.29, 0.717) is 0 Å². The minimum atomic E-state index is 0.973. The van der Waals surface area contributed by atoms with Gasteiger partial charge in [-0.05, 0) is 19.8 Å². The number of halogens is 1. The number of hydrogen-bond donors (Lipinski definition) is 0. The van der Waals surface area contributed by atoms with Gasteiger partial charge in [-0.2, -0.15) is 0 Å². The van der Waals surface area contributed by atoms with E-state index in [1.165, 1.54) is 5.57 Å². The fourth-order valence-corrected chi connectivity index (χ4v) is 0.627. The molecule has 0 saturated carbocycles. The second kappa shape index (κ2) is 3.96. The summed E-state index contributed by atoms with van der Waals surface area (Å²) in [6.07, 6.45) is 2.05. The SMILES string of the molecule is CC/C(C)=C(\Cl)CC. The van der Waals surface area contributed by atoms with Crippen molar-refractivity contribution < 1.29 is 0 Å². The molecule has 0 atom stereocenters. The van der Waals surface area contributed by atoms with E-state index in [-0.39, 0.29) is 0 Å². The van der Waals surface area contributed by atoms with Gasteiger partial charge in [0.2, 0.25) is 0 Å². The van der Waals surface area contributed by atoms with E-state index in [2.05, 4.69) is 20.8 Å². The van der Waals surface area contributed by atoms with Gasteiger partial charge < -0.3 is 0 Å². The predicted octanol–water partition coefficient (Wildman–Crippen LogP) is 3.32. The quantitative estimate of drug-likeness (QED) is 0.541. The Hall–Kier alpha value is 0.0300. The van der Waals surface area contributed by atoms with Crippen LogP contribution < -0.4 is 0 Å². The maximum absolute atomic E-state index is 5.80. The highest BCUT2D eigenvalue weighted by Gasteiger charge is 1.90. The summed E-state index contributed by atoms with van der Waals surface area (Å²) in [7, 11) is 0. The molecule has 0 bridgehead atoms. The Balaban J connectivity index is 3.83. The van der Waals surface area contributed by atoms with Crippen molar-refractivity contribution in [3.63, 3.8) is 0 Å². The summed E-state index contributed by atoms with van der Waals surface area (Å²) in [6, 6.07) is 0. The Morgan fingerprint density at radius 2 is 1.75 bits per heavy atom. The van der Waals surface area contributed by atoms with Crippen molar-refractivity contribution in [2.45, 2.75) is 33.6 Å². The first-order valence-corrected chi connectivity index (χ1v) is 3.44. The van der Waals surface area contributed by atoms with Crippen LogP contribution in [0.25, 0.3) is 0 Å². The first-order valence-electron chi connectivity index (χ1n) is 3.06. The lowest BCUT2D eigenvalue weighted by molar-refractivity contribution is 1.04. The van der Waals surface area contributed by atoms with Crippen LogP contribution >= 0.6 is 11.6 Å². The van der Waals surface area contributed by atoms with E-state index in [1.54, 1.807) is 0 Å². The molecule has 48 valence electrons. The van der Waals surface area contributed by atoms with Crippen LogP contribution in [-0.4, -0.2) is 0 Å². The molecule has 0 aromatic rings. The Bertz CT molecular complexity index is 80.6. The average molecular weight is 133 g/mol. The third kappa shape index (κ3) is 2.37. The van der Waals surface area contributed by atoms with Crippen LogP contribution in [0.5, 0.6) is 0 Å². The lowest BCUT2D eigenvalue weighted by atomic mass is 10.2. The van der Waals surface area contributed by atoms with Crippen LogP contribution in [0, 0.1) is 0 Å². The molecular formula is C7H13Cl. The molecule has 0 amide bonds. The van der Waals surface area contributed by atoms with E-state index < -0.39 is 0 Å². The fraction of sp³-hybridized carbons (Fsp3) is 0.714. The summed E-state index contributed by atoms with van der Waals surface area (Å²) in [6.45, 7) is 6.26. The van der Waals surface area contributed by atoms with Gasteiger partial charge in [-0.15, -0.1) is 0 Å². The minimum Gasteiger partial charge on any atom is -0.0892 e. The highest BCUT2D eigenvalue weighted by Crippen LogP contribution is 2.14. The normalized spacial score (nSPS) is 13.5. The lowest BCUT2D eigenvalue weighted by Crippen LogP contribution is -1.75. The molecule has 0 aromatic heterocycles. The molecule has 0 aromatic carbocycles. The maximum atomic E-state index is 5.80. The van der Waals surface area contributed by atoms with Crippen molar-refractivity contribution >= 4 is 11.6 Å². The molecule has 0 fully saturated rings. The first-order chi connectivity index (χ1) is 3.72. The molecule has 0 rings (SSSR count). The van der Waals surface area contributed by atoms with Crippen LogP contribution in [0.15, 0.2) is 10.6 Å². The third-order valence-corrected chi connectivity index (χ3v) is 1.89. The molecular weight excluding hydrogens is 120 g/mol. The third-order valence-electron chi connectivity index (χ3n) is 1.30. The second-order valence-electron chi connectivity index (χ2n) is 1.89. The monoisotopic (exact) mass is 132 g/mol. The van der Waals surface area contributed by atoms with E-state index in [0.717, 1.165) is 17.9 Å². The summed E-state index contributed by atoms with van der Waals surface area (Å²) in [5.41, 5.74) is 1.31. The molecule has 0 unspecified atom stereocenters. The van der Waals surface area contributed by atoms with E-state index in [1.807, 2.05) is 0 Å². The van der Waals surface area contributed by atoms with Crippen LogP contribution in [-0.2, 0) is 0 Å². The summed E-state index contributed by atoms with van der Waals surface area (Å²) in [5, 5.41) is 1.02. The van der Waals surface area contributed by atoms with Crippen molar-refractivity contribution in [2.75, 3.05) is 0 Å². The smallest absolute Gasteiger partial charge is 0.0167 e. The van der Waals surface area contributed by atoms with Crippen molar-refractivity contribution in [3.05, 3.63) is 10.6 Å². The Morgan fingerprint density at radius 3 is 1.88 bits per heavy atom. The molecule has 0 aliphatic carbocycles. The average Bonchev–Trinajstić information content (AvgIpc) is 1.84. The summed E-state index contributed by atoms with van der Waals surface area (Å²) < 4.78 is 0. The molecule has 8 heavy (non-hydrogen) atoms. The zero-order valence-electron chi connectivity index (χ0n) is 5.79. The van der Waals surface area contributed by atoms with Crippen LogP contribution in [0.2, 0.25) is 0 Å². The largest absolute Gasteiger partial charge is 0.0892 e. The van der Waals surface area contributed by atoms with Gasteiger partial charge in [0.1, 0.15) is 0 Å². The highest BCUT2D eigenvalue weighted by molar-refractivity contribution is 6.29. The summed E-state index contributed by atoms with van der Waals surface area (Å²) in [4.78, 5) is 0. The second-order valence-corrected chi connectivity index (χ2v) is 2.35. The van der Waals surface area contributed by atoms with Gasteiger partial charge in [0.15, 0.2) is 0 Å². The van der Waals surface area contributed by atoms with Gasteiger partial charge in [-0.25, -0.2) is 0 Å². The van der Waals surface area contributed by atoms with E-state index >= 15 is 0 Å². The zero-order valence-corrected chi connectivity index (χ0v) is 6.55. The first kappa shape index (κ1) is 8.03. The van der Waals surface area contributed by atoms with Crippen molar-refractivity contribution in [1.29, 1.82) is 0 Å². The van der Waals surface area contributed by atoms with Gasteiger partial charge in [-0.1, -0.05) is 31.0 Å². The van der Waals surface area contributed by atoms with Crippen LogP contribution in [0.4, 0.5) is 0 Å². The number of hydrogen-bond acceptors (Lipinski definition) is 0. The number of allylic oxidation sites excluding steroid dienone is 2. The standard InChI is InChI=1S/C7H13Cl/c1-4-6(3)7(8)5-2/h4-5H2,1-3H3/b7-6-. The summed E-state index contributed by atoms with van der Waals surface area (Å²) in [5.74, 6) is 0. The molecule has 0 radical (unpaired) electrons. The van der Waals surface area contributed by atoms with Crippen LogP contribution in [0.1, 0.15) is 33.6 Å². The minimum absolute atomic E-state index is 0.973. The van der Waals surface area contributed by atoms with Gasteiger partial charge >= 0.3 is 0 Å². The van der Waals surface area contributed by atoms with Crippen molar-refractivity contribution in [2.24, 2.45) is 0 Å². The Kier molecular flexibility index (Phi) is 3.98. The molecule has 0 aliphatic rings. The lowest BCUT2D eigenvalue weighted by Gasteiger charge is -1.96. The van der Waals surface area contributed by atoms with Gasteiger partial charge in [0.25, 0.3) is 0 Å². The van der Waals surface area contributed by atoms with E-state index in [9.17, 15) is 0 Å². The van der Waals surface area contributed by atoms with Gasteiger partial charge in [0, 0.05) is 5.03 Å². The molecule has 0 aliphatic heterocycles. The van der Waals surface area contributed by atoms with Gasteiger partial charge in [-0.3, -0.25) is 0 Å². The predicted molar refractivity (Wildman–Crippen MR) is 39.1 cm³/mol. The highest BCUT2D eigenvalue weighted by atomic mass is 35.5. The van der Waals surface area contributed by atoms with Crippen molar-refractivity contribution in [3.8, 4) is 0 Å². The number of rotatable bonds is 2.